The lowest BCUT2D eigenvalue weighted by Gasteiger charge is -2.34. The molecule has 1 aliphatic heterocycles. The lowest BCUT2D eigenvalue weighted by molar-refractivity contribution is 0.384. The predicted octanol–water partition coefficient (Wildman–Crippen LogP) is 3.45. The van der Waals surface area contributed by atoms with Crippen molar-refractivity contribution in [3.05, 3.63) is 58.7 Å². The lowest BCUT2D eigenvalue weighted by Crippen LogP contribution is -2.49. The van der Waals surface area contributed by atoms with Gasteiger partial charge in [-0.05, 0) is 24.3 Å². The van der Waals surface area contributed by atoms with E-state index in [-0.39, 0.29) is 14.9 Å². The zero-order chi connectivity index (χ0) is 19.0. The summed E-state index contributed by atoms with van der Waals surface area (Å²) < 4.78 is 27.3. The Balaban J connectivity index is 1.54. The first kappa shape index (κ1) is 18.4. The fraction of sp³-hybridized carbons (Fsp3) is 0.222. The number of fused-ring (bicyclic) bond motifs is 1. The van der Waals surface area contributed by atoms with Crippen LogP contribution >= 0.6 is 23.2 Å². The van der Waals surface area contributed by atoms with Gasteiger partial charge in [-0.3, -0.25) is 4.98 Å². The molecule has 0 unspecified atom stereocenters. The summed E-state index contributed by atoms with van der Waals surface area (Å²) in [5.41, 5.74) is 1.64. The number of halogens is 2. The minimum Gasteiger partial charge on any atom is -0.353 e. The van der Waals surface area contributed by atoms with Gasteiger partial charge in [-0.1, -0.05) is 41.4 Å². The van der Waals surface area contributed by atoms with Gasteiger partial charge in [0.25, 0.3) is 0 Å². The first-order valence-corrected chi connectivity index (χ1v) is 10.6. The van der Waals surface area contributed by atoms with Gasteiger partial charge in [-0.25, -0.2) is 13.4 Å². The Hall–Kier alpha value is -1.93. The third kappa shape index (κ3) is 3.48. The van der Waals surface area contributed by atoms with Crippen molar-refractivity contribution in [1.82, 2.24) is 14.3 Å². The number of nitrogens with zero attached hydrogens (tertiary/aromatic N) is 4. The minimum absolute atomic E-state index is 0.0349. The largest absolute Gasteiger partial charge is 0.353 e. The van der Waals surface area contributed by atoms with Crippen molar-refractivity contribution < 1.29 is 8.42 Å². The number of para-hydroxylation sites is 2. The molecule has 0 N–H and O–H groups in total. The van der Waals surface area contributed by atoms with Gasteiger partial charge in [0.15, 0.2) is 0 Å². The second-order valence-electron chi connectivity index (χ2n) is 6.16. The van der Waals surface area contributed by atoms with E-state index in [4.69, 9.17) is 23.2 Å². The Morgan fingerprint density at radius 2 is 1.48 bits per heavy atom. The Labute approximate surface area is 167 Å². The highest BCUT2D eigenvalue weighted by molar-refractivity contribution is 7.89. The van der Waals surface area contributed by atoms with E-state index in [1.165, 1.54) is 16.4 Å². The number of piperazine rings is 1. The highest BCUT2D eigenvalue weighted by atomic mass is 35.5. The number of anilines is 1. The summed E-state index contributed by atoms with van der Waals surface area (Å²) >= 11 is 12.2. The van der Waals surface area contributed by atoms with Crippen molar-refractivity contribution in [2.45, 2.75) is 4.90 Å². The van der Waals surface area contributed by atoms with Gasteiger partial charge in [-0.15, -0.1) is 0 Å². The average Bonchev–Trinajstić information content (AvgIpc) is 2.67. The Kier molecular flexibility index (Phi) is 4.94. The van der Waals surface area contributed by atoms with Gasteiger partial charge >= 0.3 is 0 Å². The Morgan fingerprint density at radius 1 is 0.852 bits per heavy atom. The number of sulfonamides is 1. The standard InChI is InChI=1S/C18H16Cl2N4O2S/c19-13-4-3-5-14(20)18(13)27(25,26)24-10-8-23(9-11-24)17-12-21-15-6-1-2-7-16(15)22-17/h1-7,12H,8-11H2. The van der Waals surface area contributed by atoms with Crippen LogP contribution in [0.5, 0.6) is 0 Å². The smallest absolute Gasteiger partial charge is 0.246 e. The lowest BCUT2D eigenvalue weighted by atomic mass is 10.3. The molecule has 0 radical (unpaired) electrons. The topological polar surface area (TPSA) is 66.4 Å². The van der Waals surface area contributed by atoms with Crippen LogP contribution in [0.25, 0.3) is 11.0 Å². The van der Waals surface area contributed by atoms with Crippen molar-refractivity contribution in [2.75, 3.05) is 31.1 Å². The molecule has 1 aliphatic rings. The molecule has 2 heterocycles. The van der Waals surface area contributed by atoms with E-state index >= 15 is 0 Å². The van der Waals surface area contributed by atoms with Crippen molar-refractivity contribution in [1.29, 1.82) is 0 Å². The summed E-state index contributed by atoms with van der Waals surface area (Å²) in [7, 11) is -3.76. The van der Waals surface area contributed by atoms with Gasteiger partial charge in [0, 0.05) is 26.2 Å². The number of hydrogen-bond acceptors (Lipinski definition) is 5. The van der Waals surface area contributed by atoms with Crippen molar-refractivity contribution in [2.24, 2.45) is 0 Å². The van der Waals surface area contributed by atoms with Crippen LogP contribution in [0.1, 0.15) is 0 Å². The number of aromatic nitrogens is 2. The molecule has 6 nitrogen and oxygen atoms in total. The van der Waals surface area contributed by atoms with Gasteiger partial charge in [0.05, 0.1) is 27.3 Å². The van der Waals surface area contributed by atoms with E-state index in [1.54, 1.807) is 12.3 Å². The molecule has 3 aromatic rings. The van der Waals surface area contributed by atoms with Gasteiger partial charge in [0.2, 0.25) is 10.0 Å². The maximum absolute atomic E-state index is 13.0. The maximum atomic E-state index is 13.0. The van der Waals surface area contributed by atoms with Gasteiger partial charge in [-0.2, -0.15) is 4.31 Å². The molecular weight excluding hydrogens is 407 g/mol. The number of benzene rings is 2. The molecule has 0 aliphatic carbocycles. The molecule has 1 fully saturated rings. The van der Waals surface area contributed by atoms with Crippen molar-refractivity contribution in [3.8, 4) is 0 Å². The van der Waals surface area contributed by atoms with Crippen LogP contribution in [-0.4, -0.2) is 48.9 Å². The third-order valence-corrected chi connectivity index (χ3v) is 7.37. The fourth-order valence-corrected chi connectivity index (χ4v) is 5.63. The van der Waals surface area contributed by atoms with Crippen LogP contribution in [0.4, 0.5) is 5.82 Å². The van der Waals surface area contributed by atoms with E-state index in [0.29, 0.717) is 26.2 Å². The molecule has 1 saturated heterocycles. The van der Waals surface area contributed by atoms with E-state index in [2.05, 4.69) is 9.97 Å². The Morgan fingerprint density at radius 3 is 2.15 bits per heavy atom. The van der Waals surface area contributed by atoms with E-state index in [0.717, 1.165) is 16.9 Å². The average molecular weight is 423 g/mol. The summed E-state index contributed by atoms with van der Waals surface area (Å²) in [6.45, 7) is 1.65. The molecule has 140 valence electrons. The van der Waals surface area contributed by atoms with Gasteiger partial charge in [0.1, 0.15) is 10.7 Å². The monoisotopic (exact) mass is 422 g/mol. The molecule has 0 spiro atoms. The fourth-order valence-electron chi connectivity index (χ4n) is 3.12. The van der Waals surface area contributed by atoms with Crippen LogP contribution in [-0.2, 0) is 10.0 Å². The second kappa shape index (κ2) is 7.24. The highest BCUT2D eigenvalue weighted by Gasteiger charge is 2.32. The Bertz CT molecular complexity index is 1080. The molecule has 27 heavy (non-hydrogen) atoms. The predicted molar refractivity (Wildman–Crippen MR) is 107 cm³/mol. The molecule has 1 aromatic heterocycles. The van der Waals surface area contributed by atoms with Crippen LogP contribution in [0, 0.1) is 0 Å². The quantitative estimate of drug-likeness (QED) is 0.646. The molecule has 2 aromatic carbocycles. The molecular formula is C18H16Cl2N4O2S. The van der Waals surface area contributed by atoms with Crippen LogP contribution < -0.4 is 4.90 Å². The van der Waals surface area contributed by atoms with Crippen molar-refractivity contribution in [3.63, 3.8) is 0 Å². The van der Waals surface area contributed by atoms with Crippen molar-refractivity contribution >= 4 is 50.1 Å². The van der Waals surface area contributed by atoms with E-state index < -0.39 is 10.0 Å². The number of hydrogen-bond donors (Lipinski definition) is 0. The summed E-state index contributed by atoms with van der Waals surface area (Å²) in [4.78, 5) is 11.0. The van der Waals surface area contributed by atoms with Crippen LogP contribution in [0.15, 0.2) is 53.6 Å². The molecule has 9 heteroatoms. The first-order valence-electron chi connectivity index (χ1n) is 8.38. The summed E-state index contributed by atoms with van der Waals surface area (Å²) in [5.74, 6) is 0.738. The maximum Gasteiger partial charge on any atom is 0.246 e. The second-order valence-corrected chi connectivity index (χ2v) is 8.85. The zero-order valence-corrected chi connectivity index (χ0v) is 16.5. The molecule has 0 saturated carbocycles. The molecule has 0 atom stereocenters. The molecule has 0 bridgehead atoms. The minimum atomic E-state index is -3.76. The highest BCUT2D eigenvalue weighted by Crippen LogP contribution is 2.32. The van der Waals surface area contributed by atoms with E-state index in [1.807, 2.05) is 29.2 Å². The molecule has 4 rings (SSSR count). The van der Waals surface area contributed by atoms with Crippen LogP contribution in [0.3, 0.4) is 0 Å². The van der Waals surface area contributed by atoms with Crippen LogP contribution in [0.2, 0.25) is 10.0 Å². The SMILES string of the molecule is O=S(=O)(c1c(Cl)cccc1Cl)N1CCN(c2cnc3ccccc3n2)CC1. The first-order chi connectivity index (χ1) is 13.0. The zero-order valence-electron chi connectivity index (χ0n) is 14.2. The third-order valence-electron chi connectivity index (χ3n) is 4.52. The van der Waals surface area contributed by atoms with Gasteiger partial charge < -0.3 is 4.90 Å². The summed E-state index contributed by atoms with van der Waals surface area (Å²) in [6.07, 6.45) is 1.72. The summed E-state index contributed by atoms with van der Waals surface area (Å²) in [5, 5.41) is 0.260. The molecule has 0 amide bonds. The summed E-state index contributed by atoms with van der Waals surface area (Å²) in [6, 6.07) is 12.3. The van der Waals surface area contributed by atoms with E-state index in [9.17, 15) is 8.42 Å². The number of rotatable bonds is 3. The normalized spacial score (nSPS) is 16.0.